The summed E-state index contributed by atoms with van der Waals surface area (Å²) in [5.41, 5.74) is 2.50. The van der Waals surface area contributed by atoms with Crippen molar-refractivity contribution in [3.63, 3.8) is 0 Å². The van der Waals surface area contributed by atoms with Gasteiger partial charge in [-0.3, -0.25) is 29.8 Å². The van der Waals surface area contributed by atoms with Gasteiger partial charge in [0.15, 0.2) is 0 Å². The third-order valence-electron chi connectivity index (χ3n) is 5.24. The molecule has 1 atom stereocenters. The zero-order valence-electron chi connectivity index (χ0n) is 21.1. The molecule has 0 bridgehead atoms. The molecule has 3 rings (SSSR count). The van der Waals surface area contributed by atoms with E-state index >= 15 is 0 Å². The Morgan fingerprint density at radius 3 is 2.25 bits per heavy atom. The summed E-state index contributed by atoms with van der Waals surface area (Å²) in [6.45, 7) is 3.95. The molecule has 0 radical (unpaired) electrons. The summed E-state index contributed by atoms with van der Waals surface area (Å²) in [6, 6.07) is 17.9. The number of carbonyl (C=O) groups excluding carboxylic acids is 2. The van der Waals surface area contributed by atoms with Crippen LogP contribution in [0.4, 0.5) is 11.4 Å². The van der Waals surface area contributed by atoms with Crippen LogP contribution < -0.4 is 15.5 Å². The Hall–Kier alpha value is -5.04. The second-order valence-corrected chi connectivity index (χ2v) is 9.21. The van der Waals surface area contributed by atoms with Gasteiger partial charge in [-0.2, -0.15) is 16.9 Å². The number of ether oxygens (including phenoxy) is 1. The molecule has 40 heavy (non-hydrogen) atoms. The average molecular weight is 564 g/mol. The number of hydrogen-bond acceptors (Lipinski definition) is 9. The highest BCUT2D eigenvalue weighted by Crippen LogP contribution is 2.23. The number of thioether (sulfide) groups is 1. The molecule has 0 aliphatic carbocycles. The first kappa shape index (κ1) is 29.5. The Labute approximate surface area is 233 Å². The number of nitrogens with one attached hydrogen (secondary N) is 2. The van der Waals surface area contributed by atoms with Crippen molar-refractivity contribution in [1.82, 2.24) is 10.7 Å². The Bertz CT molecular complexity index is 1370. The smallest absolute Gasteiger partial charge is 0.277 e. The molecule has 0 heterocycles. The molecule has 0 fully saturated rings. The zero-order chi connectivity index (χ0) is 28.9. The molecule has 0 saturated heterocycles. The highest BCUT2D eigenvalue weighted by Gasteiger charge is 2.25. The van der Waals surface area contributed by atoms with E-state index in [1.54, 1.807) is 30.3 Å². The number of hydrogen-bond donors (Lipinski definition) is 2. The van der Waals surface area contributed by atoms with E-state index in [0.717, 1.165) is 23.8 Å². The molecule has 3 aromatic carbocycles. The summed E-state index contributed by atoms with van der Waals surface area (Å²) >= 11 is 1.37. The summed E-state index contributed by atoms with van der Waals surface area (Å²) in [5, 5.41) is 28.9. The lowest BCUT2D eigenvalue weighted by Crippen LogP contribution is -2.47. The topological polar surface area (TPSA) is 166 Å². The van der Waals surface area contributed by atoms with Gasteiger partial charge < -0.3 is 10.1 Å². The predicted octanol–water partition coefficient (Wildman–Crippen LogP) is 4.25. The van der Waals surface area contributed by atoms with Crippen LogP contribution in [0.5, 0.6) is 5.75 Å². The lowest BCUT2D eigenvalue weighted by molar-refractivity contribution is -0.394. The van der Waals surface area contributed by atoms with Crippen LogP contribution in [0.1, 0.15) is 21.5 Å². The molecule has 3 aromatic rings. The highest BCUT2D eigenvalue weighted by atomic mass is 32.2. The number of nitro groups is 2. The number of nitro benzene ring substituents is 2. The molecule has 12 nitrogen and oxygen atoms in total. The van der Waals surface area contributed by atoms with Gasteiger partial charge in [0, 0.05) is 23.6 Å². The molecule has 2 N–H and O–H groups in total. The van der Waals surface area contributed by atoms with Crippen LogP contribution >= 0.6 is 11.8 Å². The SMILES string of the molecule is C=CCOc1ccc(C=NNC(=O)[C@@H](CSCc2ccccc2)NC(=O)c2cc([N+](=O)[O-])cc([N+](=O)[O-])c2)cc1. The van der Waals surface area contributed by atoms with E-state index in [2.05, 4.69) is 22.4 Å². The van der Waals surface area contributed by atoms with Crippen LogP contribution in [-0.4, -0.2) is 46.3 Å². The lowest BCUT2D eigenvalue weighted by Gasteiger charge is -2.17. The lowest BCUT2D eigenvalue weighted by atomic mass is 10.1. The maximum atomic E-state index is 13.0. The molecule has 0 spiro atoms. The van der Waals surface area contributed by atoms with E-state index in [4.69, 9.17) is 4.74 Å². The van der Waals surface area contributed by atoms with Crippen molar-refractivity contribution in [3.05, 3.63) is 122 Å². The van der Waals surface area contributed by atoms with Gasteiger partial charge in [-0.25, -0.2) is 5.43 Å². The minimum Gasteiger partial charge on any atom is -0.490 e. The van der Waals surface area contributed by atoms with Gasteiger partial charge in [-0.05, 0) is 35.4 Å². The molecule has 2 amide bonds. The van der Waals surface area contributed by atoms with E-state index in [1.165, 1.54) is 18.0 Å². The standard InChI is InChI=1S/C27H25N5O7S/c1-2-12-39-24-10-8-19(9-11-24)16-28-30-27(34)25(18-40-17-20-6-4-3-5-7-20)29-26(33)21-13-22(31(35)36)15-23(14-21)32(37)38/h2-11,13-16,25H,1,12,17-18H2,(H,29,33)(H,30,34)/t25-/m1/s1. The monoisotopic (exact) mass is 563 g/mol. The van der Waals surface area contributed by atoms with Gasteiger partial charge in [0.05, 0.1) is 27.7 Å². The fourth-order valence-corrected chi connectivity index (χ4v) is 4.30. The molecule has 0 unspecified atom stereocenters. The molecule has 0 aliphatic rings. The minimum atomic E-state index is -1.11. The van der Waals surface area contributed by atoms with Gasteiger partial charge in [0.1, 0.15) is 18.4 Å². The number of amides is 2. The number of non-ortho nitro benzene ring substituents is 2. The first-order chi connectivity index (χ1) is 19.3. The second kappa shape index (κ2) is 14.8. The van der Waals surface area contributed by atoms with Gasteiger partial charge in [-0.15, -0.1) is 0 Å². The summed E-state index contributed by atoms with van der Waals surface area (Å²) in [4.78, 5) is 46.7. The summed E-state index contributed by atoms with van der Waals surface area (Å²) in [7, 11) is 0. The van der Waals surface area contributed by atoms with Gasteiger partial charge in [0.2, 0.25) is 0 Å². The minimum absolute atomic E-state index is 0.133. The Balaban J connectivity index is 1.73. The third-order valence-corrected chi connectivity index (χ3v) is 6.35. The Morgan fingerprint density at radius 1 is 1.00 bits per heavy atom. The maximum absolute atomic E-state index is 13.0. The van der Waals surface area contributed by atoms with Crippen molar-refractivity contribution in [2.45, 2.75) is 11.8 Å². The number of hydrazone groups is 1. The van der Waals surface area contributed by atoms with Crippen molar-refractivity contribution in [1.29, 1.82) is 0 Å². The summed E-state index contributed by atoms with van der Waals surface area (Å²) in [6.07, 6.45) is 3.04. The van der Waals surface area contributed by atoms with Crippen LogP contribution in [0.3, 0.4) is 0 Å². The fourth-order valence-electron chi connectivity index (χ4n) is 3.28. The van der Waals surface area contributed by atoms with E-state index in [9.17, 15) is 29.8 Å². The van der Waals surface area contributed by atoms with Crippen LogP contribution in [0.15, 0.2) is 90.6 Å². The van der Waals surface area contributed by atoms with Crippen molar-refractivity contribution in [2.24, 2.45) is 5.10 Å². The molecule has 0 aliphatic heterocycles. The van der Waals surface area contributed by atoms with E-state index in [1.807, 2.05) is 30.3 Å². The first-order valence-electron chi connectivity index (χ1n) is 11.8. The number of carbonyl (C=O) groups is 2. The second-order valence-electron chi connectivity index (χ2n) is 8.18. The fraction of sp³-hybridized carbons (Fsp3) is 0.148. The van der Waals surface area contributed by atoms with Gasteiger partial charge >= 0.3 is 0 Å². The third kappa shape index (κ3) is 9.06. The highest BCUT2D eigenvalue weighted by molar-refractivity contribution is 7.98. The van der Waals surface area contributed by atoms with Crippen molar-refractivity contribution in [3.8, 4) is 5.75 Å². The molecule has 0 aromatic heterocycles. The largest absolute Gasteiger partial charge is 0.490 e. The van der Waals surface area contributed by atoms with Crippen molar-refractivity contribution >= 4 is 41.2 Å². The first-order valence-corrected chi connectivity index (χ1v) is 13.0. The van der Waals surface area contributed by atoms with Gasteiger partial charge in [-0.1, -0.05) is 43.0 Å². The number of nitrogens with zero attached hydrogens (tertiary/aromatic N) is 3. The maximum Gasteiger partial charge on any atom is 0.277 e. The molecular formula is C27H25N5O7S. The van der Waals surface area contributed by atoms with E-state index in [0.29, 0.717) is 23.7 Å². The molecule has 13 heteroatoms. The van der Waals surface area contributed by atoms with Crippen LogP contribution in [0, 0.1) is 20.2 Å². The zero-order valence-corrected chi connectivity index (χ0v) is 21.9. The quantitative estimate of drug-likeness (QED) is 0.127. The number of benzene rings is 3. The number of rotatable bonds is 14. The predicted molar refractivity (Wildman–Crippen MR) is 151 cm³/mol. The Kier molecular flexibility index (Phi) is 10.9. The van der Waals surface area contributed by atoms with Crippen LogP contribution in [-0.2, 0) is 10.5 Å². The van der Waals surface area contributed by atoms with Crippen molar-refractivity contribution < 1.29 is 24.2 Å². The summed E-state index contributed by atoms with van der Waals surface area (Å²) in [5.74, 6) is -0.205. The average Bonchev–Trinajstić information content (AvgIpc) is 2.96. The Morgan fingerprint density at radius 2 is 1.65 bits per heavy atom. The van der Waals surface area contributed by atoms with E-state index in [-0.39, 0.29) is 11.3 Å². The van der Waals surface area contributed by atoms with Crippen LogP contribution in [0.2, 0.25) is 0 Å². The van der Waals surface area contributed by atoms with Crippen LogP contribution in [0.25, 0.3) is 0 Å². The van der Waals surface area contributed by atoms with E-state index < -0.39 is 39.1 Å². The van der Waals surface area contributed by atoms with Gasteiger partial charge in [0.25, 0.3) is 23.2 Å². The van der Waals surface area contributed by atoms with Crippen molar-refractivity contribution in [2.75, 3.05) is 12.4 Å². The molecular weight excluding hydrogens is 538 g/mol. The molecule has 206 valence electrons. The normalized spacial score (nSPS) is 11.4. The summed E-state index contributed by atoms with van der Waals surface area (Å²) < 4.78 is 5.42. The molecule has 0 saturated carbocycles.